The Kier molecular flexibility index (Phi) is 4.61. The summed E-state index contributed by atoms with van der Waals surface area (Å²) in [6.07, 6.45) is 3.20. The Morgan fingerprint density at radius 2 is 2.26 bits per heavy atom. The molecule has 0 aliphatic heterocycles. The number of halogens is 1. The van der Waals surface area contributed by atoms with E-state index in [-0.39, 0.29) is 0 Å². The number of rotatable bonds is 5. The molecule has 2 aromatic rings. The summed E-state index contributed by atoms with van der Waals surface area (Å²) in [6, 6.07) is 5.62. The summed E-state index contributed by atoms with van der Waals surface area (Å²) in [5.41, 5.74) is 1.80. The number of hydrogen-bond acceptors (Lipinski definition) is 3. The summed E-state index contributed by atoms with van der Waals surface area (Å²) in [5, 5.41) is 13.9. The highest BCUT2D eigenvalue weighted by Crippen LogP contribution is 2.29. The lowest BCUT2D eigenvalue weighted by atomic mass is 10.1. The van der Waals surface area contributed by atoms with Gasteiger partial charge in [-0.2, -0.15) is 5.10 Å². The van der Waals surface area contributed by atoms with E-state index >= 15 is 0 Å². The summed E-state index contributed by atoms with van der Waals surface area (Å²) < 4.78 is 8.56. The number of nitrogens with zero attached hydrogens (tertiary/aromatic N) is 2. The first-order chi connectivity index (χ1) is 9.10. The standard InChI is InChI=1S/C14H17BrN2O2/c1-3-17-8-11(7-16-17)9-19-14-6-12(15)4-5-13(14)10(2)18/h4-8,10,18H,3,9H2,1-2H3/t10-/m1/s1. The van der Waals surface area contributed by atoms with E-state index in [1.165, 1.54) is 0 Å². The molecule has 102 valence electrons. The van der Waals surface area contributed by atoms with Crippen molar-refractivity contribution >= 4 is 15.9 Å². The van der Waals surface area contributed by atoms with E-state index in [9.17, 15) is 5.11 Å². The van der Waals surface area contributed by atoms with Gasteiger partial charge in [-0.15, -0.1) is 0 Å². The van der Waals surface area contributed by atoms with Gasteiger partial charge in [0.25, 0.3) is 0 Å². The third-order valence-electron chi connectivity index (χ3n) is 2.83. The quantitative estimate of drug-likeness (QED) is 0.917. The molecule has 2 rings (SSSR count). The summed E-state index contributed by atoms with van der Waals surface area (Å²) in [5.74, 6) is 0.689. The van der Waals surface area contributed by atoms with Gasteiger partial charge >= 0.3 is 0 Å². The monoisotopic (exact) mass is 324 g/mol. The molecule has 0 radical (unpaired) electrons. The number of aliphatic hydroxyl groups excluding tert-OH is 1. The summed E-state index contributed by atoms with van der Waals surface area (Å²) in [7, 11) is 0. The number of aromatic nitrogens is 2. The predicted octanol–water partition coefficient (Wildman–Crippen LogP) is 3.30. The second-order valence-electron chi connectivity index (χ2n) is 4.35. The minimum absolute atomic E-state index is 0.441. The maximum Gasteiger partial charge on any atom is 0.126 e. The fourth-order valence-corrected chi connectivity index (χ4v) is 2.13. The van der Waals surface area contributed by atoms with Crippen LogP contribution in [0.25, 0.3) is 0 Å². The zero-order valence-electron chi connectivity index (χ0n) is 11.0. The highest BCUT2D eigenvalue weighted by Gasteiger charge is 2.10. The van der Waals surface area contributed by atoms with Crippen LogP contribution >= 0.6 is 15.9 Å². The van der Waals surface area contributed by atoms with E-state index in [0.29, 0.717) is 12.4 Å². The minimum atomic E-state index is -0.554. The van der Waals surface area contributed by atoms with Crippen LogP contribution in [0.3, 0.4) is 0 Å². The lowest BCUT2D eigenvalue weighted by Crippen LogP contribution is -2.00. The number of aliphatic hydroxyl groups is 1. The van der Waals surface area contributed by atoms with Crippen LogP contribution in [-0.4, -0.2) is 14.9 Å². The maximum atomic E-state index is 9.72. The Labute approximate surface area is 121 Å². The van der Waals surface area contributed by atoms with Crippen molar-refractivity contribution in [2.75, 3.05) is 0 Å². The molecule has 4 nitrogen and oxygen atoms in total. The molecule has 0 fully saturated rings. The Balaban J connectivity index is 2.12. The smallest absolute Gasteiger partial charge is 0.126 e. The Hall–Kier alpha value is -1.33. The molecule has 0 spiro atoms. The third kappa shape index (κ3) is 3.58. The molecule has 0 aliphatic carbocycles. The van der Waals surface area contributed by atoms with Crippen LogP contribution in [-0.2, 0) is 13.2 Å². The molecular weight excluding hydrogens is 308 g/mol. The molecule has 0 bridgehead atoms. The molecule has 5 heteroatoms. The van der Waals surface area contributed by atoms with Gasteiger partial charge in [-0.1, -0.05) is 22.0 Å². The summed E-state index contributed by atoms with van der Waals surface area (Å²) >= 11 is 3.41. The van der Waals surface area contributed by atoms with E-state index in [4.69, 9.17) is 4.74 Å². The molecule has 1 aromatic carbocycles. The van der Waals surface area contributed by atoms with Gasteiger partial charge in [0.2, 0.25) is 0 Å². The average molecular weight is 325 g/mol. The van der Waals surface area contributed by atoms with Crippen molar-refractivity contribution in [3.05, 3.63) is 46.2 Å². The lowest BCUT2D eigenvalue weighted by molar-refractivity contribution is 0.190. The van der Waals surface area contributed by atoms with Gasteiger partial charge in [-0.3, -0.25) is 4.68 Å². The number of aryl methyl sites for hydroxylation is 1. The van der Waals surface area contributed by atoms with Gasteiger partial charge in [0, 0.05) is 28.3 Å². The van der Waals surface area contributed by atoms with Crippen LogP contribution < -0.4 is 4.74 Å². The molecule has 1 heterocycles. The normalized spacial score (nSPS) is 12.4. The Bertz CT molecular complexity index is 552. The van der Waals surface area contributed by atoms with Gasteiger partial charge in [-0.25, -0.2) is 0 Å². The van der Waals surface area contributed by atoms with Gasteiger partial charge in [-0.05, 0) is 26.0 Å². The first kappa shape index (κ1) is 14.1. The fraction of sp³-hybridized carbons (Fsp3) is 0.357. The van der Waals surface area contributed by atoms with E-state index < -0.39 is 6.10 Å². The van der Waals surface area contributed by atoms with Crippen molar-refractivity contribution in [2.45, 2.75) is 33.1 Å². The molecular formula is C14H17BrN2O2. The SMILES string of the molecule is CCn1cc(COc2cc(Br)ccc2[C@@H](C)O)cn1. The molecule has 1 N–H and O–H groups in total. The fourth-order valence-electron chi connectivity index (χ4n) is 1.79. The van der Waals surface area contributed by atoms with Gasteiger partial charge in [0.1, 0.15) is 12.4 Å². The predicted molar refractivity (Wildman–Crippen MR) is 77.0 cm³/mol. The second-order valence-corrected chi connectivity index (χ2v) is 5.27. The highest BCUT2D eigenvalue weighted by atomic mass is 79.9. The maximum absolute atomic E-state index is 9.72. The van der Waals surface area contributed by atoms with E-state index in [0.717, 1.165) is 22.1 Å². The zero-order valence-corrected chi connectivity index (χ0v) is 12.6. The third-order valence-corrected chi connectivity index (χ3v) is 3.32. The van der Waals surface area contributed by atoms with Gasteiger partial charge < -0.3 is 9.84 Å². The van der Waals surface area contributed by atoms with Crippen molar-refractivity contribution in [1.82, 2.24) is 9.78 Å². The number of hydrogen-bond donors (Lipinski definition) is 1. The second kappa shape index (κ2) is 6.21. The molecule has 0 saturated carbocycles. The van der Waals surface area contributed by atoms with Crippen molar-refractivity contribution < 1.29 is 9.84 Å². The molecule has 0 unspecified atom stereocenters. The molecule has 0 aliphatic rings. The molecule has 19 heavy (non-hydrogen) atoms. The van der Waals surface area contributed by atoms with Crippen LogP contribution in [0.15, 0.2) is 35.1 Å². The van der Waals surface area contributed by atoms with Crippen LogP contribution in [0.2, 0.25) is 0 Å². The van der Waals surface area contributed by atoms with Crippen LogP contribution in [0.5, 0.6) is 5.75 Å². The first-order valence-corrected chi connectivity index (χ1v) is 7.01. The molecule has 1 aromatic heterocycles. The Morgan fingerprint density at radius 3 is 2.89 bits per heavy atom. The first-order valence-electron chi connectivity index (χ1n) is 6.21. The van der Waals surface area contributed by atoms with Crippen molar-refractivity contribution in [2.24, 2.45) is 0 Å². The van der Waals surface area contributed by atoms with Crippen molar-refractivity contribution in [1.29, 1.82) is 0 Å². The van der Waals surface area contributed by atoms with Crippen LogP contribution in [0, 0.1) is 0 Å². The summed E-state index contributed by atoms with van der Waals surface area (Å²) in [6.45, 7) is 5.05. The van der Waals surface area contributed by atoms with Crippen molar-refractivity contribution in [3.8, 4) is 5.75 Å². The van der Waals surface area contributed by atoms with E-state index in [2.05, 4.69) is 21.0 Å². The highest BCUT2D eigenvalue weighted by molar-refractivity contribution is 9.10. The zero-order chi connectivity index (χ0) is 13.8. The van der Waals surface area contributed by atoms with Gasteiger partial charge in [0.15, 0.2) is 0 Å². The van der Waals surface area contributed by atoms with Gasteiger partial charge in [0.05, 0.1) is 12.3 Å². The average Bonchev–Trinajstić information content (AvgIpc) is 2.84. The number of benzene rings is 1. The minimum Gasteiger partial charge on any atom is -0.488 e. The Morgan fingerprint density at radius 1 is 1.47 bits per heavy atom. The molecule has 0 saturated heterocycles. The molecule has 0 amide bonds. The number of ether oxygens (including phenoxy) is 1. The lowest BCUT2D eigenvalue weighted by Gasteiger charge is -2.13. The van der Waals surface area contributed by atoms with E-state index in [1.807, 2.05) is 36.0 Å². The molecule has 1 atom stereocenters. The largest absolute Gasteiger partial charge is 0.488 e. The van der Waals surface area contributed by atoms with Crippen molar-refractivity contribution in [3.63, 3.8) is 0 Å². The topological polar surface area (TPSA) is 47.3 Å². The van der Waals surface area contributed by atoms with E-state index in [1.54, 1.807) is 13.1 Å². The van der Waals surface area contributed by atoms with Crippen LogP contribution in [0.4, 0.5) is 0 Å². The van der Waals surface area contributed by atoms with Crippen LogP contribution in [0.1, 0.15) is 31.1 Å². The summed E-state index contributed by atoms with van der Waals surface area (Å²) in [4.78, 5) is 0.